The Morgan fingerprint density at radius 3 is 3.25 bits per heavy atom. The van der Waals surface area contributed by atoms with Crippen LogP contribution in [-0.4, -0.2) is 22.3 Å². The van der Waals surface area contributed by atoms with E-state index in [9.17, 15) is 5.26 Å². The molecule has 0 bridgehead atoms. The van der Waals surface area contributed by atoms with Crippen molar-refractivity contribution in [2.75, 3.05) is 6.61 Å². The molecule has 3 rings (SSSR count). The highest BCUT2D eigenvalue weighted by Gasteiger charge is 2.23. The summed E-state index contributed by atoms with van der Waals surface area (Å²) < 4.78 is 7.16. The molecule has 102 valence electrons. The van der Waals surface area contributed by atoms with Gasteiger partial charge in [0.25, 0.3) is 0 Å². The van der Waals surface area contributed by atoms with Crippen molar-refractivity contribution in [3.63, 3.8) is 0 Å². The van der Waals surface area contributed by atoms with Gasteiger partial charge in [-0.2, -0.15) is 10.4 Å². The zero-order chi connectivity index (χ0) is 14.1. The summed E-state index contributed by atoms with van der Waals surface area (Å²) in [6, 6.07) is 4.16. The molecule has 0 atom stereocenters. The summed E-state index contributed by atoms with van der Waals surface area (Å²) in [6.45, 7) is 3.19. The molecule has 3 heterocycles. The second kappa shape index (κ2) is 5.10. The number of nitriles is 1. The second-order valence-electron chi connectivity index (χ2n) is 4.55. The fourth-order valence-corrected chi connectivity index (χ4v) is 3.56. The van der Waals surface area contributed by atoms with Gasteiger partial charge in [0.2, 0.25) is 5.90 Å². The van der Waals surface area contributed by atoms with E-state index in [0.29, 0.717) is 12.2 Å². The predicted molar refractivity (Wildman–Crippen MR) is 77.0 cm³/mol. The molecule has 0 aliphatic carbocycles. The summed E-state index contributed by atoms with van der Waals surface area (Å²) >= 11 is 1.58. The molecule has 20 heavy (non-hydrogen) atoms. The van der Waals surface area contributed by atoms with E-state index in [1.54, 1.807) is 17.5 Å². The number of hydrogen-bond donors (Lipinski definition) is 1. The van der Waals surface area contributed by atoms with Crippen LogP contribution in [0, 0.1) is 16.7 Å². The van der Waals surface area contributed by atoms with E-state index in [0.717, 1.165) is 35.5 Å². The minimum absolute atomic E-state index is 0.204. The van der Waals surface area contributed by atoms with Crippen LogP contribution in [0.5, 0.6) is 0 Å². The Hall–Kier alpha value is -2.13. The number of hydrogen-bond acceptors (Lipinski definition) is 5. The lowest BCUT2D eigenvalue weighted by Gasteiger charge is -2.03. The van der Waals surface area contributed by atoms with Crippen LogP contribution in [0.15, 0.2) is 12.3 Å². The smallest absolute Gasteiger partial charge is 0.223 e. The first-order chi connectivity index (χ1) is 9.74. The van der Waals surface area contributed by atoms with Gasteiger partial charge in [-0.05, 0) is 25.8 Å². The molecule has 0 fully saturated rings. The standard InChI is InChI=1S/C14H14N4OS/c1-2-19-14(16)12-6-10-11(20-12)4-3-5-18-13(10)9(7-15)8-17-18/h6,8,16H,2-5H2,1H3. The van der Waals surface area contributed by atoms with Crippen molar-refractivity contribution >= 4 is 17.2 Å². The van der Waals surface area contributed by atoms with Crippen LogP contribution in [-0.2, 0) is 17.7 Å². The van der Waals surface area contributed by atoms with Gasteiger partial charge >= 0.3 is 0 Å². The largest absolute Gasteiger partial charge is 0.477 e. The van der Waals surface area contributed by atoms with Crippen molar-refractivity contribution in [1.82, 2.24) is 9.78 Å². The van der Waals surface area contributed by atoms with E-state index in [1.165, 1.54) is 4.88 Å². The van der Waals surface area contributed by atoms with Gasteiger partial charge in [0.15, 0.2) is 0 Å². The Morgan fingerprint density at radius 1 is 1.65 bits per heavy atom. The minimum atomic E-state index is 0.204. The lowest BCUT2D eigenvalue weighted by atomic mass is 10.1. The van der Waals surface area contributed by atoms with Crippen molar-refractivity contribution in [3.8, 4) is 17.3 Å². The number of thiophene rings is 1. The van der Waals surface area contributed by atoms with Crippen molar-refractivity contribution in [2.45, 2.75) is 26.3 Å². The lowest BCUT2D eigenvalue weighted by Crippen LogP contribution is -2.02. The Morgan fingerprint density at radius 2 is 2.50 bits per heavy atom. The molecule has 6 heteroatoms. The molecule has 2 aromatic heterocycles. The zero-order valence-corrected chi connectivity index (χ0v) is 12.0. The average molecular weight is 286 g/mol. The maximum atomic E-state index is 9.23. The molecule has 0 saturated carbocycles. The number of fused-ring (bicyclic) bond motifs is 3. The molecule has 1 N–H and O–H groups in total. The van der Waals surface area contributed by atoms with Crippen molar-refractivity contribution < 1.29 is 4.74 Å². The fourth-order valence-electron chi connectivity index (χ4n) is 2.45. The molecule has 0 spiro atoms. The Labute approximate surface area is 120 Å². The number of rotatable bonds is 2. The molecule has 0 saturated heterocycles. The zero-order valence-electron chi connectivity index (χ0n) is 11.1. The van der Waals surface area contributed by atoms with Crippen molar-refractivity contribution in [3.05, 3.63) is 27.6 Å². The molecule has 0 amide bonds. The van der Waals surface area contributed by atoms with Gasteiger partial charge in [-0.3, -0.25) is 10.1 Å². The number of ether oxygens (including phenoxy) is 1. The summed E-state index contributed by atoms with van der Waals surface area (Å²) in [6.07, 6.45) is 3.57. The fraction of sp³-hybridized carbons (Fsp3) is 0.357. The van der Waals surface area contributed by atoms with Gasteiger partial charge in [-0.1, -0.05) is 0 Å². The number of nitrogens with zero attached hydrogens (tertiary/aromatic N) is 3. The van der Waals surface area contributed by atoms with Crippen LogP contribution in [0.2, 0.25) is 0 Å². The van der Waals surface area contributed by atoms with Gasteiger partial charge in [0.05, 0.1) is 28.9 Å². The Kier molecular flexibility index (Phi) is 3.28. The van der Waals surface area contributed by atoms with Crippen LogP contribution in [0.1, 0.15) is 28.7 Å². The van der Waals surface area contributed by atoms with E-state index >= 15 is 0 Å². The maximum Gasteiger partial charge on any atom is 0.223 e. The summed E-state index contributed by atoms with van der Waals surface area (Å²) in [5, 5.41) is 21.4. The molecule has 5 nitrogen and oxygen atoms in total. The minimum Gasteiger partial charge on any atom is -0.477 e. The number of nitrogens with one attached hydrogen (secondary N) is 1. The van der Waals surface area contributed by atoms with Crippen molar-refractivity contribution in [2.24, 2.45) is 0 Å². The molecular formula is C14H14N4OS. The Balaban J connectivity index is 2.12. The molecule has 0 radical (unpaired) electrons. The van der Waals surface area contributed by atoms with E-state index in [-0.39, 0.29) is 5.90 Å². The van der Waals surface area contributed by atoms with Gasteiger partial charge < -0.3 is 4.74 Å². The molecule has 2 aromatic rings. The summed E-state index contributed by atoms with van der Waals surface area (Å²) in [7, 11) is 0. The average Bonchev–Trinajstić information content (AvgIpc) is 2.99. The summed E-state index contributed by atoms with van der Waals surface area (Å²) in [5.41, 5.74) is 2.51. The first-order valence-electron chi connectivity index (χ1n) is 6.55. The number of aryl methyl sites for hydroxylation is 2. The van der Waals surface area contributed by atoms with Gasteiger partial charge in [-0.25, -0.2) is 0 Å². The predicted octanol–water partition coefficient (Wildman–Crippen LogP) is 2.79. The maximum absolute atomic E-state index is 9.23. The lowest BCUT2D eigenvalue weighted by molar-refractivity contribution is 0.326. The molecule has 0 unspecified atom stereocenters. The van der Waals surface area contributed by atoms with Crippen LogP contribution in [0.25, 0.3) is 11.3 Å². The monoisotopic (exact) mass is 286 g/mol. The first-order valence-corrected chi connectivity index (χ1v) is 7.37. The second-order valence-corrected chi connectivity index (χ2v) is 5.69. The van der Waals surface area contributed by atoms with E-state index in [1.807, 2.05) is 17.7 Å². The third kappa shape index (κ3) is 2.00. The Bertz CT molecular complexity index is 707. The van der Waals surface area contributed by atoms with E-state index in [4.69, 9.17) is 10.1 Å². The summed E-state index contributed by atoms with van der Waals surface area (Å²) in [5.74, 6) is 0.204. The van der Waals surface area contributed by atoms with Crippen LogP contribution < -0.4 is 0 Å². The van der Waals surface area contributed by atoms with Crippen LogP contribution in [0.3, 0.4) is 0 Å². The van der Waals surface area contributed by atoms with Crippen LogP contribution >= 0.6 is 11.3 Å². The highest BCUT2D eigenvalue weighted by molar-refractivity contribution is 7.14. The number of aromatic nitrogens is 2. The third-order valence-electron chi connectivity index (χ3n) is 3.31. The van der Waals surface area contributed by atoms with E-state index in [2.05, 4.69) is 11.2 Å². The van der Waals surface area contributed by atoms with Gasteiger partial charge in [0.1, 0.15) is 6.07 Å². The van der Waals surface area contributed by atoms with Crippen molar-refractivity contribution in [1.29, 1.82) is 10.7 Å². The topological polar surface area (TPSA) is 74.7 Å². The quantitative estimate of drug-likeness (QED) is 0.681. The van der Waals surface area contributed by atoms with Gasteiger partial charge in [-0.15, -0.1) is 11.3 Å². The highest BCUT2D eigenvalue weighted by atomic mass is 32.1. The third-order valence-corrected chi connectivity index (χ3v) is 4.50. The molecule has 1 aliphatic heterocycles. The first kappa shape index (κ1) is 12.9. The van der Waals surface area contributed by atoms with Gasteiger partial charge in [0, 0.05) is 17.0 Å². The normalized spacial score (nSPS) is 13.0. The SMILES string of the molecule is CCOC(=N)c1cc2c(s1)CCCn1ncc(C#N)c1-2. The van der Waals surface area contributed by atoms with E-state index < -0.39 is 0 Å². The highest BCUT2D eigenvalue weighted by Crippen LogP contribution is 2.36. The molecular weight excluding hydrogens is 272 g/mol. The summed E-state index contributed by atoms with van der Waals surface area (Å²) in [4.78, 5) is 2.02. The molecule has 0 aromatic carbocycles. The molecule has 1 aliphatic rings. The van der Waals surface area contributed by atoms with Crippen LogP contribution in [0.4, 0.5) is 0 Å².